The molecule has 0 saturated heterocycles. The van der Waals surface area contributed by atoms with Gasteiger partial charge in [-0.1, -0.05) is 18.2 Å². The average molecular weight is 375 g/mol. The van der Waals surface area contributed by atoms with Gasteiger partial charge in [0.25, 0.3) is 0 Å². The van der Waals surface area contributed by atoms with Crippen LogP contribution in [-0.4, -0.2) is 22.9 Å². The minimum absolute atomic E-state index is 0.240. The number of hydrogen-bond donors (Lipinski definition) is 1. The number of hydrogen-bond acceptors (Lipinski definition) is 5. The first kappa shape index (κ1) is 19.0. The lowest BCUT2D eigenvalue weighted by molar-refractivity contribution is -0.107. The summed E-state index contributed by atoms with van der Waals surface area (Å²) >= 11 is 0. The smallest absolute Gasteiger partial charge is 0.214 e. The number of nitrogens with one attached hydrogen (secondary N) is 1. The van der Waals surface area contributed by atoms with E-state index in [9.17, 15) is 9.18 Å². The average Bonchev–Trinajstić information content (AvgIpc) is 2.73. The summed E-state index contributed by atoms with van der Waals surface area (Å²) in [6, 6.07) is 15.3. The van der Waals surface area contributed by atoms with E-state index in [4.69, 9.17) is 5.26 Å². The largest absolute Gasteiger partial charge is 0.368 e. The fraction of sp³-hybridized carbons (Fsp3) is 0.143. The third-order valence-electron chi connectivity index (χ3n) is 4.10. The summed E-state index contributed by atoms with van der Waals surface area (Å²) in [6.07, 6.45) is 4.63. The van der Waals surface area contributed by atoms with Gasteiger partial charge in [0.05, 0.1) is 12.2 Å². The summed E-state index contributed by atoms with van der Waals surface area (Å²) in [5, 5.41) is 12.3. The van der Waals surface area contributed by atoms with Gasteiger partial charge in [-0.15, -0.1) is 0 Å². The number of carbonyl (C=O) groups excluding carboxylic acids is 1. The number of nitriles is 1. The Labute approximate surface area is 162 Å². The van der Waals surface area contributed by atoms with Gasteiger partial charge in [-0.3, -0.25) is 9.78 Å². The lowest BCUT2D eigenvalue weighted by Gasteiger charge is -2.21. The minimum atomic E-state index is -0.286. The van der Waals surface area contributed by atoms with Crippen molar-refractivity contribution in [2.24, 2.45) is 0 Å². The van der Waals surface area contributed by atoms with Crippen molar-refractivity contribution in [2.75, 3.05) is 16.8 Å². The molecule has 0 atom stereocenters. The molecule has 0 unspecified atom stereocenters. The maximum atomic E-state index is 13.3. The topological polar surface area (TPSA) is 81.9 Å². The maximum Gasteiger partial charge on any atom is 0.214 e. The first-order valence-corrected chi connectivity index (χ1v) is 8.70. The van der Waals surface area contributed by atoms with Crippen molar-refractivity contribution in [2.45, 2.75) is 13.0 Å². The quantitative estimate of drug-likeness (QED) is 0.611. The van der Waals surface area contributed by atoms with Crippen molar-refractivity contribution in [1.82, 2.24) is 9.97 Å². The highest BCUT2D eigenvalue weighted by Crippen LogP contribution is 2.25. The molecule has 0 bridgehead atoms. The van der Waals surface area contributed by atoms with Crippen LogP contribution in [0.1, 0.15) is 16.8 Å². The number of nitrogens with zero attached hydrogens (tertiary/aromatic N) is 4. The molecule has 2 aromatic heterocycles. The predicted molar refractivity (Wildman–Crippen MR) is 104 cm³/mol. The van der Waals surface area contributed by atoms with E-state index in [1.54, 1.807) is 36.7 Å². The number of carbonyl (C=O) groups is 1. The molecule has 0 radical (unpaired) electrons. The molecular formula is C21H18FN5O. The Kier molecular flexibility index (Phi) is 6.26. The van der Waals surface area contributed by atoms with Crippen molar-refractivity contribution in [3.05, 3.63) is 83.6 Å². The Morgan fingerprint density at radius 3 is 2.75 bits per heavy atom. The normalized spacial score (nSPS) is 10.1. The molecule has 0 fully saturated rings. The standard InChI is InChI=1S/C21H18FN5O/c22-18-5-1-3-16(11-18)8-10-25-21-20(7-6-19(12-23)26-21)27(15-28)14-17-4-2-9-24-13-17/h1-7,9,11,13,15H,8,10,14H2,(H,25,26). The first-order valence-electron chi connectivity index (χ1n) is 8.70. The number of halogens is 1. The van der Waals surface area contributed by atoms with Crippen LogP contribution < -0.4 is 10.2 Å². The molecule has 28 heavy (non-hydrogen) atoms. The second-order valence-corrected chi connectivity index (χ2v) is 6.08. The zero-order valence-corrected chi connectivity index (χ0v) is 15.0. The summed E-state index contributed by atoms with van der Waals surface area (Å²) < 4.78 is 13.3. The molecule has 3 rings (SSSR count). The lowest BCUT2D eigenvalue weighted by atomic mass is 10.1. The van der Waals surface area contributed by atoms with Gasteiger partial charge in [0, 0.05) is 18.9 Å². The molecule has 6 nitrogen and oxygen atoms in total. The van der Waals surface area contributed by atoms with Gasteiger partial charge in [0.1, 0.15) is 17.6 Å². The second kappa shape index (κ2) is 9.24. The Morgan fingerprint density at radius 2 is 2.04 bits per heavy atom. The number of aromatic nitrogens is 2. The van der Waals surface area contributed by atoms with Gasteiger partial charge < -0.3 is 10.2 Å². The summed E-state index contributed by atoms with van der Waals surface area (Å²) in [7, 11) is 0. The first-order chi connectivity index (χ1) is 13.7. The number of pyridine rings is 2. The van der Waals surface area contributed by atoms with Crippen molar-refractivity contribution in [3.8, 4) is 6.07 Å². The maximum absolute atomic E-state index is 13.3. The molecule has 0 spiro atoms. The second-order valence-electron chi connectivity index (χ2n) is 6.08. The van der Waals surface area contributed by atoms with E-state index in [2.05, 4.69) is 15.3 Å². The van der Waals surface area contributed by atoms with Crippen LogP contribution in [0.5, 0.6) is 0 Å². The van der Waals surface area contributed by atoms with Crippen LogP contribution >= 0.6 is 0 Å². The fourth-order valence-electron chi connectivity index (χ4n) is 2.76. The molecule has 1 amide bonds. The molecule has 0 saturated carbocycles. The van der Waals surface area contributed by atoms with E-state index < -0.39 is 0 Å². The highest BCUT2D eigenvalue weighted by molar-refractivity contribution is 5.82. The molecular weight excluding hydrogens is 357 g/mol. The highest BCUT2D eigenvalue weighted by Gasteiger charge is 2.14. The van der Waals surface area contributed by atoms with Crippen LogP contribution in [0.2, 0.25) is 0 Å². The van der Waals surface area contributed by atoms with Crippen molar-refractivity contribution >= 4 is 17.9 Å². The van der Waals surface area contributed by atoms with E-state index >= 15 is 0 Å². The monoisotopic (exact) mass is 375 g/mol. The molecule has 7 heteroatoms. The molecule has 1 N–H and O–H groups in total. The predicted octanol–water partition coefficient (Wildman–Crippen LogP) is 3.30. The van der Waals surface area contributed by atoms with E-state index in [0.29, 0.717) is 37.4 Å². The van der Waals surface area contributed by atoms with Crippen molar-refractivity contribution in [1.29, 1.82) is 5.26 Å². The zero-order chi connectivity index (χ0) is 19.8. The molecule has 2 heterocycles. The number of rotatable bonds is 8. The minimum Gasteiger partial charge on any atom is -0.368 e. The van der Waals surface area contributed by atoms with Crippen LogP contribution in [0, 0.1) is 17.1 Å². The molecule has 0 aliphatic carbocycles. The van der Waals surface area contributed by atoms with Gasteiger partial charge in [-0.2, -0.15) is 5.26 Å². The van der Waals surface area contributed by atoms with Gasteiger partial charge in [-0.05, 0) is 47.9 Å². The van der Waals surface area contributed by atoms with Crippen LogP contribution in [0.4, 0.5) is 15.9 Å². The Morgan fingerprint density at radius 1 is 1.18 bits per heavy atom. The van der Waals surface area contributed by atoms with Crippen LogP contribution in [0.3, 0.4) is 0 Å². The summed E-state index contributed by atoms with van der Waals surface area (Å²) in [5.74, 6) is 0.137. The number of benzene rings is 1. The van der Waals surface area contributed by atoms with Gasteiger partial charge in [0.15, 0.2) is 5.82 Å². The lowest BCUT2D eigenvalue weighted by Crippen LogP contribution is -2.23. The van der Waals surface area contributed by atoms with Gasteiger partial charge in [0.2, 0.25) is 6.41 Å². The number of amides is 1. The Hall–Kier alpha value is -3.79. The third kappa shape index (κ3) is 4.89. The van der Waals surface area contributed by atoms with Crippen molar-refractivity contribution in [3.63, 3.8) is 0 Å². The van der Waals surface area contributed by atoms with Crippen molar-refractivity contribution < 1.29 is 9.18 Å². The molecule has 3 aromatic rings. The number of anilines is 2. The molecule has 140 valence electrons. The van der Waals surface area contributed by atoms with Crippen LogP contribution in [0.15, 0.2) is 60.9 Å². The van der Waals surface area contributed by atoms with Crippen LogP contribution in [0.25, 0.3) is 0 Å². The third-order valence-corrected chi connectivity index (χ3v) is 4.10. The SMILES string of the molecule is N#Cc1ccc(N(C=O)Cc2cccnc2)c(NCCc2cccc(F)c2)n1. The molecule has 0 aliphatic heterocycles. The summed E-state index contributed by atoms with van der Waals surface area (Å²) in [6.45, 7) is 0.793. The van der Waals surface area contributed by atoms with Gasteiger partial charge >= 0.3 is 0 Å². The van der Waals surface area contributed by atoms with E-state index in [-0.39, 0.29) is 11.5 Å². The summed E-state index contributed by atoms with van der Waals surface area (Å²) in [4.78, 5) is 21.5. The van der Waals surface area contributed by atoms with E-state index in [1.807, 2.05) is 18.2 Å². The Balaban J connectivity index is 1.78. The molecule has 0 aliphatic rings. The van der Waals surface area contributed by atoms with Crippen LogP contribution in [-0.2, 0) is 17.8 Å². The Bertz CT molecular complexity index is 988. The van der Waals surface area contributed by atoms with E-state index in [1.165, 1.54) is 17.0 Å². The molecule has 1 aromatic carbocycles. The van der Waals surface area contributed by atoms with Gasteiger partial charge in [-0.25, -0.2) is 9.37 Å². The zero-order valence-electron chi connectivity index (χ0n) is 15.0. The fourth-order valence-corrected chi connectivity index (χ4v) is 2.76. The summed E-state index contributed by atoms with van der Waals surface area (Å²) in [5.41, 5.74) is 2.50. The van der Waals surface area contributed by atoms with E-state index in [0.717, 1.165) is 11.1 Å². The highest BCUT2D eigenvalue weighted by atomic mass is 19.1.